The minimum absolute atomic E-state index is 0.107. The Bertz CT molecular complexity index is 904. The van der Waals surface area contributed by atoms with Crippen molar-refractivity contribution >= 4 is 34.8 Å². The third-order valence-corrected chi connectivity index (χ3v) is 5.54. The summed E-state index contributed by atoms with van der Waals surface area (Å²) in [6.45, 7) is 9.10. The van der Waals surface area contributed by atoms with Gasteiger partial charge in [-0.1, -0.05) is 37.7 Å². The lowest BCUT2D eigenvalue weighted by atomic mass is 9.94. The van der Waals surface area contributed by atoms with Crippen LogP contribution >= 0.6 is 11.8 Å². The molecule has 0 spiro atoms. The van der Waals surface area contributed by atoms with Crippen LogP contribution in [-0.4, -0.2) is 39.8 Å². The molecule has 8 heteroatoms. The van der Waals surface area contributed by atoms with Gasteiger partial charge in [0, 0.05) is 6.92 Å². The van der Waals surface area contributed by atoms with E-state index in [1.54, 1.807) is 36.1 Å². The van der Waals surface area contributed by atoms with Crippen LogP contribution in [0.1, 0.15) is 46.2 Å². The van der Waals surface area contributed by atoms with Crippen molar-refractivity contribution in [2.75, 3.05) is 6.61 Å². The topological polar surface area (TPSA) is 85.3 Å². The van der Waals surface area contributed by atoms with Crippen LogP contribution in [0.25, 0.3) is 0 Å². The summed E-state index contributed by atoms with van der Waals surface area (Å²) in [6, 6.07) is 6.14. The number of carbonyl (C=O) groups is 3. The van der Waals surface area contributed by atoms with Crippen LogP contribution in [0.2, 0.25) is 0 Å². The van der Waals surface area contributed by atoms with Gasteiger partial charge < -0.3 is 9.47 Å². The van der Waals surface area contributed by atoms with E-state index in [2.05, 4.69) is 4.99 Å². The van der Waals surface area contributed by atoms with Gasteiger partial charge in [-0.15, -0.1) is 0 Å². The maximum atomic E-state index is 12.9. The Labute approximate surface area is 174 Å². The molecule has 2 heterocycles. The molecule has 154 valence electrons. The second-order valence-corrected chi connectivity index (χ2v) is 8.73. The van der Waals surface area contributed by atoms with E-state index < -0.39 is 18.0 Å². The molecular formula is C21H24N2O5S. The van der Waals surface area contributed by atoms with Crippen molar-refractivity contribution in [3.05, 3.63) is 41.1 Å². The second kappa shape index (κ2) is 8.41. The maximum Gasteiger partial charge on any atom is 0.338 e. The average molecular weight is 416 g/mol. The fourth-order valence-corrected chi connectivity index (χ4v) is 4.21. The molecule has 1 saturated heterocycles. The van der Waals surface area contributed by atoms with Gasteiger partial charge in [0.25, 0.3) is 0 Å². The van der Waals surface area contributed by atoms with E-state index in [1.165, 1.54) is 18.7 Å². The molecule has 1 aromatic carbocycles. The molecule has 1 amide bonds. The van der Waals surface area contributed by atoms with Crippen LogP contribution in [0.3, 0.4) is 0 Å². The molecule has 0 bridgehead atoms. The van der Waals surface area contributed by atoms with E-state index in [9.17, 15) is 14.4 Å². The van der Waals surface area contributed by atoms with Crippen molar-refractivity contribution in [2.24, 2.45) is 10.9 Å². The molecule has 2 unspecified atom stereocenters. The van der Waals surface area contributed by atoms with E-state index in [1.807, 2.05) is 20.8 Å². The number of ether oxygens (including phenoxy) is 2. The van der Waals surface area contributed by atoms with Gasteiger partial charge in [0.2, 0.25) is 5.91 Å². The number of carbonyl (C=O) groups excluding carboxylic acids is 3. The number of hydrogen-bond donors (Lipinski definition) is 0. The van der Waals surface area contributed by atoms with Gasteiger partial charge in [0.05, 0.1) is 29.2 Å². The molecule has 0 aromatic heterocycles. The zero-order valence-electron chi connectivity index (χ0n) is 17.1. The number of fused-ring (bicyclic) bond motifs is 1. The van der Waals surface area contributed by atoms with Crippen LogP contribution in [0.4, 0.5) is 0 Å². The smallest absolute Gasteiger partial charge is 0.338 e. The Morgan fingerprint density at radius 2 is 1.90 bits per heavy atom. The highest BCUT2D eigenvalue weighted by Crippen LogP contribution is 2.43. The van der Waals surface area contributed by atoms with Crippen molar-refractivity contribution in [2.45, 2.75) is 45.9 Å². The van der Waals surface area contributed by atoms with Gasteiger partial charge in [-0.05, 0) is 37.5 Å². The standard InChI is InChI=1S/C21H24N2O5S/c1-11(2)10-27-20(26)17-12(3)22-21-23(19(25)13(4)29-21)18(17)15-6-8-16(9-7-15)28-14(5)24/h6-9,11,13,18H,10H2,1-5H3. The summed E-state index contributed by atoms with van der Waals surface area (Å²) in [4.78, 5) is 43.0. The second-order valence-electron chi connectivity index (χ2n) is 7.42. The Morgan fingerprint density at radius 1 is 1.24 bits per heavy atom. The van der Waals surface area contributed by atoms with Crippen molar-refractivity contribution in [3.8, 4) is 5.75 Å². The first-order chi connectivity index (χ1) is 13.7. The summed E-state index contributed by atoms with van der Waals surface area (Å²) in [5.74, 6) is -0.424. The zero-order chi connectivity index (χ0) is 21.3. The largest absolute Gasteiger partial charge is 0.462 e. The SMILES string of the molecule is CC(=O)Oc1ccc(C2C(C(=O)OCC(C)C)=C(C)N=C3SC(C)C(=O)N32)cc1. The van der Waals surface area contributed by atoms with E-state index in [0.717, 1.165) is 0 Å². The third-order valence-electron chi connectivity index (χ3n) is 4.48. The lowest BCUT2D eigenvalue weighted by Gasteiger charge is -2.33. The van der Waals surface area contributed by atoms with Gasteiger partial charge in [-0.3, -0.25) is 14.5 Å². The highest BCUT2D eigenvalue weighted by Gasteiger charge is 2.46. The number of amidine groups is 1. The normalized spacial score (nSPS) is 21.2. The molecule has 0 saturated carbocycles. The Balaban J connectivity index is 2.02. The number of amides is 1. The molecule has 1 fully saturated rings. The van der Waals surface area contributed by atoms with Crippen LogP contribution in [-0.2, 0) is 19.1 Å². The molecule has 7 nitrogen and oxygen atoms in total. The molecular weight excluding hydrogens is 392 g/mol. The summed E-state index contributed by atoms with van der Waals surface area (Å²) >= 11 is 1.37. The highest BCUT2D eigenvalue weighted by molar-refractivity contribution is 8.15. The maximum absolute atomic E-state index is 12.9. The van der Waals surface area contributed by atoms with Crippen molar-refractivity contribution in [3.63, 3.8) is 0 Å². The summed E-state index contributed by atoms with van der Waals surface area (Å²) < 4.78 is 10.6. The van der Waals surface area contributed by atoms with Crippen molar-refractivity contribution in [1.82, 2.24) is 4.90 Å². The summed E-state index contributed by atoms with van der Waals surface area (Å²) in [5.41, 5.74) is 1.60. The Hall–Kier alpha value is -2.61. The first-order valence-electron chi connectivity index (χ1n) is 9.43. The van der Waals surface area contributed by atoms with E-state index in [-0.39, 0.29) is 23.7 Å². The summed E-state index contributed by atoms with van der Waals surface area (Å²) in [7, 11) is 0. The van der Waals surface area contributed by atoms with Gasteiger partial charge in [0.15, 0.2) is 5.17 Å². The number of rotatable bonds is 5. The molecule has 2 atom stereocenters. The fourth-order valence-electron chi connectivity index (χ4n) is 3.18. The minimum atomic E-state index is -0.640. The Kier molecular flexibility index (Phi) is 6.12. The molecule has 0 N–H and O–H groups in total. The van der Waals surface area contributed by atoms with Crippen LogP contribution in [0, 0.1) is 5.92 Å². The van der Waals surface area contributed by atoms with Crippen LogP contribution in [0.15, 0.2) is 40.5 Å². The number of aliphatic imine (C=N–C) groups is 1. The van der Waals surface area contributed by atoms with E-state index in [4.69, 9.17) is 9.47 Å². The summed E-state index contributed by atoms with van der Waals surface area (Å²) in [6.07, 6.45) is 0. The van der Waals surface area contributed by atoms with Gasteiger partial charge in [-0.2, -0.15) is 0 Å². The first kappa shape index (κ1) is 21.1. The first-order valence-corrected chi connectivity index (χ1v) is 10.3. The number of thioether (sulfide) groups is 1. The minimum Gasteiger partial charge on any atom is -0.462 e. The third kappa shape index (κ3) is 4.37. The number of esters is 2. The lowest BCUT2D eigenvalue weighted by Crippen LogP contribution is -2.40. The molecule has 1 aromatic rings. The number of hydrogen-bond acceptors (Lipinski definition) is 7. The van der Waals surface area contributed by atoms with Crippen LogP contribution in [0.5, 0.6) is 5.75 Å². The zero-order valence-corrected chi connectivity index (χ0v) is 17.9. The van der Waals surface area contributed by atoms with Crippen molar-refractivity contribution in [1.29, 1.82) is 0 Å². The van der Waals surface area contributed by atoms with Gasteiger partial charge in [-0.25, -0.2) is 9.79 Å². The molecule has 2 aliphatic rings. The quantitative estimate of drug-likeness (QED) is 0.540. The predicted molar refractivity (Wildman–Crippen MR) is 110 cm³/mol. The monoisotopic (exact) mass is 416 g/mol. The van der Waals surface area contributed by atoms with Crippen LogP contribution < -0.4 is 4.74 Å². The number of allylic oxidation sites excluding steroid dienone is 1. The van der Waals surface area contributed by atoms with E-state index >= 15 is 0 Å². The van der Waals surface area contributed by atoms with Gasteiger partial charge in [0.1, 0.15) is 5.75 Å². The van der Waals surface area contributed by atoms with E-state index in [0.29, 0.717) is 27.8 Å². The lowest BCUT2D eigenvalue weighted by molar-refractivity contribution is -0.141. The van der Waals surface area contributed by atoms with Gasteiger partial charge >= 0.3 is 11.9 Å². The van der Waals surface area contributed by atoms with Crippen molar-refractivity contribution < 1.29 is 23.9 Å². The predicted octanol–water partition coefficient (Wildman–Crippen LogP) is 3.46. The Morgan fingerprint density at radius 3 is 2.48 bits per heavy atom. The fraction of sp³-hybridized carbons (Fsp3) is 0.429. The summed E-state index contributed by atoms with van der Waals surface area (Å²) in [5, 5.41) is 0.296. The molecule has 3 rings (SSSR count). The molecule has 0 aliphatic carbocycles. The average Bonchev–Trinajstić information content (AvgIpc) is 2.92. The highest BCUT2D eigenvalue weighted by atomic mass is 32.2. The number of benzene rings is 1. The molecule has 2 aliphatic heterocycles. The molecule has 29 heavy (non-hydrogen) atoms. The number of nitrogens with zero attached hydrogens (tertiary/aromatic N) is 2. The molecule has 0 radical (unpaired) electrons.